The number of rotatable bonds is 2. The number of halogens is 1. The number of amides is 3. The summed E-state index contributed by atoms with van der Waals surface area (Å²) in [7, 11) is 0. The number of hydrogen-bond acceptors (Lipinski definition) is 2. The van der Waals surface area contributed by atoms with E-state index < -0.39 is 17.3 Å². The van der Waals surface area contributed by atoms with Crippen molar-refractivity contribution in [1.82, 2.24) is 10.6 Å². The van der Waals surface area contributed by atoms with Crippen molar-refractivity contribution in [3.8, 4) is 0 Å². The summed E-state index contributed by atoms with van der Waals surface area (Å²) in [5, 5.41) is 4.26. The van der Waals surface area contributed by atoms with Crippen LogP contribution in [0.5, 0.6) is 0 Å². The van der Waals surface area contributed by atoms with E-state index >= 15 is 0 Å². The van der Waals surface area contributed by atoms with E-state index in [1.54, 1.807) is 0 Å². The minimum Gasteiger partial charge on any atom is -0.335 e. The fourth-order valence-electron chi connectivity index (χ4n) is 1.64. The Morgan fingerprint density at radius 3 is 2.40 bits per heavy atom. The molecular weight excluding hydrogens is 216 g/mol. The molecule has 0 heterocycles. The topological polar surface area (TPSA) is 58.2 Å². The Hall–Kier alpha value is -0.770. The van der Waals surface area contributed by atoms with Crippen LogP contribution in [0.4, 0.5) is 4.79 Å². The summed E-state index contributed by atoms with van der Waals surface area (Å²) in [6, 6.07) is -0.269. The van der Waals surface area contributed by atoms with Gasteiger partial charge >= 0.3 is 6.03 Å². The molecule has 1 saturated carbocycles. The van der Waals surface area contributed by atoms with Gasteiger partial charge in [-0.15, -0.1) is 11.6 Å². The summed E-state index contributed by atoms with van der Waals surface area (Å²) in [5.41, 5.74) is 0. The maximum absolute atomic E-state index is 11.3. The van der Waals surface area contributed by atoms with E-state index in [0.29, 0.717) is 11.8 Å². The molecule has 86 valence electrons. The summed E-state index contributed by atoms with van der Waals surface area (Å²) in [5.74, 6) is 0.645. The number of carbonyl (C=O) groups excluding carboxylic acids is 2. The van der Waals surface area contributed by atoms with Gasteiger partial charge in [0.2, 0.25) is 5.91 Å². The van der Waals surface area contributed by atoms with Gasteiger partial charge in [-0.2, -0.15) is 0 Å². The standard InChI is InChI=1S/C10H17ClN2O2/c1-5-4-8(6(5)2)12-10(15)13-9(14)7(3)11/h5-8H,4H2,1-3H3,(H2,12,13,14,15). The average Bonchev–Trinajstić information content (AvgIpc) is 2.16. The van der Waals surface area contributed by atoms with Crippen LogP contribution in [-0.4, -0.2) is 23.4 Å². The van der Waals surface area contributed by atoms with Crippen molar-refractivity contribution < 1.29 is 9.59 Å². The van der Waals surface area contributed by atoms with E-state index in [0.717, 1.165) is 6.42 Å². The highest BCUT2D eigenvalue weighted by molar-refractivity contribution is 6.31. The molecule has 4 unspecified atom stereocenters. The van der Waals surface area contributed by atoms with E-state index in [1.165, 1.54) is 6.92 Å². The minimum atomic E-state index is -0.687. The van der Waals surface area contributed by atoms with Gasteiger partial charge < -0.3 is 5.32 Å². The van der Waals surface area contributed by atoms with Crippen LogP contribution in [0, 0.1) is 11.8 Å². The Balaban J connectivity index is 2.28. The van der Waals surface area contributed by atoms with E-state index in [4.69, 9.17) is 11.6 Å². The summed E-state index contributed by atoms with van der Waals surface area (Å²) >= 11 is 5.52. The van der Waals surface area contributed by atoms with Gasteiger partial charge in [0.15, 0.2) is 0 Å². The molecule has 0 aromatic rings. The van der Waals surface area contributed by atoms with Crippen molar-refractivity contribution >= 4 is 23.5 Å². The summed E-state index contributed by atoms with van der Waals surface area (Å²) < 4.78 is 0. The van der Waals surface area contributed by atoms with Crippen molar-refractivity contribution in [2.24, 2.45) is 11.8 Å². The number of hydrogen-bond donors (Lipinski definition) is 2. The number of urea groups is 1. The zero-order valence-electron chi connectivity index (χ0n) is 9.21. The quantitative estimate of drug-likeness (QED) is 0.709. The van der Waals surface area contributed by atoms with Gasteiger partial charge in [0.25, 0.3) is 0 Å². The number of alkyl halides is 1. The Kier molecular flexibility index (Phi) is 3.97. The molecule has 1 fully saturated rings. The van der Waals surface area contributed by atoms with Crippen molar-refractivity contribution in [3.05, 3.63) is 0 Å². The molecular formula is C10H17ClN2O2. The zero-order chi connectivity index (χ0) is 11.6. The second-order valence-electron chi connectivity index (χ2n) is 4.26. The molecule has 0 aromatic heterocycles. The highest BCUT2D eigenvalue weighted by Crippen LogP contribution is 2.33. The molecule has 2 N–H and O–H groups in total. The van der Waals surface area contributed by atoms with Crippen LogP contribution in [0.25, 0.3) is 0 Å². The Bertz CT molecular complexity index is 268. The fraction of sp³-hybridized carbons (Fsp3) is 0.800. The van der Waals surface area contributed by atoms with Gasteiger partial charge in [-0.25, -0.2) is 4.79 Å². The monoisotopic (exact) mass is 232 g/mol. The molecule has 0 radical (unpaired) electrons. The SMILES string of the molecule is CC(Cl)C(=O)NC(=O)NC1CC(C)C1C. The van der Waals surface area contributed by atoms with E-state index in [1.807, 2.05) is 0 Å². The lowest BCUT2D eigenvalue weighted by molar-refractivity contribution is -0.119. The van der Waals surface area contributed by atoms with E-state index in [-0.39, 0.29) is 6.04 Å². The molecule has 1 aliphatic rings. The van der Waals surface area contributed by atoms with Crippen LogP contribution in [0.2, 0.25) is 0 Å². The van der Waals surface area contributed by atoms with Gasteiger partial charge in [-0.3, -0.25) is 10.1 Å². The lowest BCUT2D eigenvalue weighted by Crippen LogP contribution is -2.54. The lowest BCUT2D eigenvalue weighted by Gasteiger charge is -2.41. The molecule has 15 heavy (non-hydrogen) atoms. The molecule has 0 aromatic carbocycles. The predicted octanol–water partition coefficient (Wildman–Crippen LogP) is 1.48. The highest BCUT2D eigenvalue weighted by Gasteiger charge is 2.35. The predicted molar refractivity (Wildman–Crippen MR) is 58.7 cm³/mol. The van der Waals surface area contributed by atoms with E-state index in [2.05, 4.69) is 24.5 Å². The first-order valence-corrected chi connectivity index (χ1v) is 5.61. The largest absolute Gasteiger partial charge is 0.335 e. The van der Waals surface area contributed by atoms with Gasteiger partial charge in [0.05, 0.1) is 0 Å². The van der Waals surface area contributed by atoms with Crippen molar-refractivity contribution in [3.63, 3.8) is 0 Å². The fourth-order valence-corrected chi connectivity index (χ4v) is 1.69. The molecule has 0 saturated heterocycles. The van der Waals surface area contributed by atoms with Crippen molar-refractivity contribution in [2.75, 3.05) is 0 Å². The molecule has 5 heteroatoms. The number of imide groups is 1. The second-order valence-corrected chi connectivity index (χ2v) is 4.91. The lowest BCUT2D eigenvalue weighted by atomic mass is 9.71. The highest BCUT2D eigenvalue weighted by atomic mass is 35.5. The third kappa shape index (κ3) is 3.09. The summed E-state index contributed by atoms with van der Waals surface area (Å²) in [6.45, 7) is 5.76. The number of nitrogens with one attached hydrogen (secondary N) is 2. The average molecular weight is 233 g/mol. The Morgan fingerprint density at radius 2 is 2.00 bits per heavy atom. The third-order valence-corrected chi connectivity index (χ3v) is 3.27. The molecule has 1 aliphatic carbocycles. The van der Waals surface area contributed by atoms with Crippen LogP contribution in [0.15, 0.2) is 0 Å². The second kappa shape index (κ2) is 4.84. The van der Waals surface area contributed by atoms with Crippen LogP contribution in [0.1, 0.15) is 27.2 Å². The smallest absolute Gasteiger partial charge is 0.321 e. The normalized spacial score (nSPS) is 31.3. The molecule has 3 amide bonds. The first-order chi connectivity index (χ1) is 6.91. The van der Waals surface area contributed by atoms with Gasteiger partial charge in [-0.1, -0.05) is 13.8 Å². The van der Waals surface area contributed by atoms with Crippen LogP contribution in [-0.2, 0) is 4.79 Å². The molecule has 4 atom stereocenters. The summed E-state index contributed by atoms with van der Waals surface area (Å²) in [4.78, 5) is 22.4. The Labute approximate surface area is 94.7 Å². The maximum Gasteiger partial charge on any atom is 0.321 e. The molecule has 0 bridgehead atoms. The molecule has 0 spiro atoms. The number of carbonyl (C=O) groups is 2. The first-order valence-electron chi connectivity index (χ1n) is 5.17. The van der Waals surface area contributed by atoms with Gasteiger partial charge in [0, 0.05) is 6.04 Å². The molecule has 1 rings (SSSR count). The molecule has 4 nitrogen and oxygen atoms in total. The van der Waals surface area contributed by atoms with Crippen LogP contribution in [0.3, 0.4) is 0 Å². The van der Waals surface area contributed by atoms with Crippen LogP contribution < -0.4 is 10.6 Å². The Morgan fingerprint density at radius 1 is 1.40 bits per heavy atom. The van der Waals surface area contributed by atoms with Crippen LogP contribution >= 0.6 is 11.6 Å². The maximum atomic E-state index is 11.3. The van der Waals surface area contributed by atoms with Crippen molar-refractivity contribution in [2.45, 2.75) is 38.6 Å². The minimum absolute atomic E-state index is 0.179. The van der Waals surface area contributed by atoms with Crippen molar-refractivity contribution in [1.29, 1.82) is 0 Å². The third-order valence-electron chi connectivity index (χ3n) is 3.07. The van der Waals surface area contributed by atoms with E-state index in [9.17, 15) is 9.59 Å². The van der Waals surface area contributed by atoms with Gasteiger partial charge in [-0.05, 0) is 25.2 Å². The van der Waals surface area contributed by atoms with Gasteiger partial charge in [0.1, 0.15) is 5.38 Å². The first kappa shape index (κ1) is 12.3. The molecule has 0 aliphatic heterocycles. The zero-order valence-corrected chi connectivity index (χ0v) is 9.97. The summed E-state index contributed by atoms with van der Waals surface area (Å²) in [6.07, 6.45) is 0.971.